The van der Waals surface area contributed by atoms with Gasteiger partial charge in [-0.3, -0.25) is 14.6 Å². The van der Waals surface area contributed by atoms with E-state index in [2.05, 4.69) is 37.5 Å². The molecule has 1 aliphatic heterocycles. The van der Waals surface area contributed by atoms with Gasteiger partial charge >= 0.3 is 0 Å². The summed E-state index contributed by atoms with van der Waals surface area (Å²) in [7, 11) is 0. The first kappa shape index (κ1) is 27.2. The number of ether oxygens (including phenoxy) is 2. The molecule has 0 saturated carbocycles. The average molecular weight is 549 g/mol. The SMILES string of the molecule is C=CC(=O)Nc1ccnc(C(=O)Nc2cc3cc(c2)Nc2nccc(n2)-c2cccc(c2)OCC/C=C/COC3)c1. The van der Waals surface area contributed by atoms with Gasteiger partial charge < -0.3 is 25.4 Å². The van der Waals surface area contributed by atoms with Crippen molar-refractivity contribution < 1.29 is 19.1 Å². The van der Waals surface area contributed by atoms with E-state index in [1.807, 2.05) is 54.6 Å². The van der Waals surface area contributed by atoms with Crippen LogP contribution in [0.5, 0.6) is 5.75 Å². The molecule has 2 aromatic carbocycles. The van der Waals surface area contributed by atoms with Gasteiger partial charge in [0.2, 0.25) is 11.9 Å². The van der Waals surface area contributed by atoms with Crippen LogP contribution in [0, 0.1) is 0 Å². The minimum absolute atomic E-state index is 0.136. The molecule has 10 nitrogen and oxygen atoms in total. The van der Waals surface area contributed by atoms with Crippen molar-refractivity contribution in [1.82, 2.24) is 15.0 Å². The van der Waals surface area contributed by atoms with E-state index in [0.717, 1.165) is 35.1 Å². The zero-order valence-electron chi connectivity index (χ0n) is 22.2. The molecule has 0 saturated heterocycles. The summed E-state index contributed by atoms with van der Waals surface area (Å²) in [6.07, 6.45) is 9.00. The van der Waals surface area contributed by atoms with Gasteiger partial charge in [-0.1, -0.05) is 30.9 Å². The molecule has 41 heavy (non-hydrogen) atoms. The third-order valence-corrected chi connectivity index (χ3v) is 5.94. The van der Waals surface area contributed by atoms with Crippen LogP contribution in [-0.2, 0) is 16.1 Å². The molecule has 10 heteroatoms. The lowest BCUT2D eigenvalue weighted by molar-refractivity contribution is -0.111. The zero-order chi connectivity index (χ0) is 28.4. The highest BCUT2D eigenvalue weighted by Gasteiger charge is 2.12. The van der Waals surface area contributed by atoms with Crippen molar-refractivity contribution in [2.45, 2.75) is 13.0 Å². The third kappa shape index (κ3) is 7.61. The molecule has 0 radical (unpaired) electrons. The lowest BCUT2D eigenvalue weighted by atomic mass is 10.1. The second-order valence-electron chi connectivity index (χ2n) is 9.04. The molecule has 5 rings (SSSR count). The van der Waals surface area contributed by atoms with Gasteiger partial charge in [-0.25, -0.2) is 9.97 Å². The number of carbonyl (C=O) groups excluding carboxylic acids is 2. The van der Waals surface area contributed by atoms with E-state index in [4.69, 9.17) is 9.47 Å². The number of anilines is 4. The summed E-state index contributed by atoms with van der Waals surface area (Å²) in [5, 5.41) is 8.75. The Balaban J connectivity index is 1.42. The standard InChI is InChI=1S/C31H28N6O4/c1-2-29(38)34-23-9-11-32-28(19-23)30(39)35-24-15-21-16-25(18-24)36-31-33-12-10-27(37-31)22-7-6-8-26(17-22)41-14-5-3-4-13-40-20-21/h2-4,6-12,15-19H,1,5,13-14,20H2,(H,35,39)(H,32,34,38)(H,33,36,37)/b4-3+. The van der Waals surface area contributed by atoms with Crippen molar-refractivity contribution in [3.63, 3.8) is 0 Å². The number of fused-ring (bicyclic) bond motifs is 7. The number of benzene rings is 2. The predicted molar refractivity (Wildman–Crippen MR) is 157 cm³/mol. The molecule has 0 fully saturated rings. The number of hydrogen-bond acceptors (Lipinski definition) is 8. The minimum Gasteiger partial charge on any atom is -0.493 e. The lowest BCUT2D eigenvalue weighted by Crippen LogP contribution is -2.15. The normalized spacial score (nSPS) is 13.8. The van der Waals surface area contributed by atoms with Crippen LogP contribution < -0.4 is 20.7 Å². The number of amides is 2. The Kier molecular flexibility index (Phi) is 8.72. The molecule has 6 bridgehead atoms. The van der Waals surface area contributed by atoms with Gasteiger partial charge in [0, 0.05) is 35.0 Å². The Morgan fingerprint density at radius 1 is 0.951 bits per heavy atom. The van der Waals surface area contributed by atoms with E-state index >= 15 is 0 Å². The molecular weight excluding hydrogens is 520 g/mol. The number of hydrogen-bond donors (Lipinski definition) is 3. The summed E-state index contributed by atoms with van der Waals surface area (Å²) in [6.45, 7) is 4.71. The molecule has 0 unspecified atom stereocenters. The Morgan fingerprint density at radius 3 is 2.76 bits per heavy atom. The molecule has 2 amide bonds. The van der Waals surface area contributed by atoms with E-state index in [0.29, 0.717) is 42.8 Å². The van der Waals surface area contributed by atoms with Gasteiger partial charge in [0.05, 0.1) is 25.5 Å². The smallest absolute Gasteiger partial charge is 0.274 e. The summed E-state index contributed by atoms with van der Waals surface area (Å²) in [4.78, 5) is 37.9. The van der Waals surface area contributed by atoms with Crippen LogP contribution in [0.15, 0.2) is 97.9 Å². The van der Waals surface area contributed by atoms with E-state index in [1.165, 1.54) is 12.3 Å². The number of nitrogens with zero attached hydrogens (tertiary/aromatic N) is 3. The predicted octanol–water partition coefficient (Wildman–Crippen LogP) is 5.51. The maximum atomic E-state index is 13.1. The van der Waals surface area contributed by atoms with Crippen LogP contribution in [0.25, 0.3) is 11.3 Å². The van der Waals surface area contributed by atoms with Crippen molar-refractivity contribution in [3.8, 4) is 17.0 Å². The maximum absolute atomic E-state index is 13.1. The molecule has 0 atom stereocenters. The van der Waals surface area contributed by atoms with Gasteiger partial charge in [0.1, 0.15) is 11.4 Å². The molecule has 3 heterocycles. The molecule has 206 valence electrons. The highest BCUT2D eigenvalue weighted by Crippen LogP contribution is 2.26. The topological polar surface area (TPSA) is 127 Å². The van der Waals surface area contributed by atoms with Gasteiger partial charge in [-0.15, -0.1) is 0 Å². The second-order valence-corrected chi connectivity index (χ2v) is 9.04. The monoisotopic (exact) mass is 548 g/mol. The van der Waals surface area contributed by atoms with E-state index in [-0.39, 0.29) is 11.6 Å². The lowest BCUT2D eigenvalue weighted by Gasteiger charge is -2.13. The Labute approximate surface area is 237 Å². The fourth-order valence-corrected chi connectivity index (χ4v) is 4.07. The zero-order valence-corrected chi connectivity index (χ0v) is 22.2. The average Bonchev–Trinajstić information content (AvgIpc) is 2.98. The van der Waals surface area contributed by atoms with E-state index in [9.17, 15) is 9.59 Å². The number of nitrogens with one attached hydrogen (secondary N) is 3. The fraction of sp³-hybridized carbons (Fsp3) is 0.129. The summed E-state index contributed by atoms with van der Waals surface area (Å²) in [6, 6.07) is 18.2. The number of aromatic nitrogens is 3. The highest BCUT2D eigenvalue weighted by molar-refractivity contribution is 6.05. The van der Waals surface area contributed by atoms with Crippen LogP contribution in [0.3, 0.4) is 0 Å². The largest absolute Gasteiger partial charge is 0.493 e. The second kappa shape index (κ2) is 13.1. The van der Waals surface area contributed by atoms with Gasteiger partial charge in [0.25, 0.3) is 5.91 Å². The summed E-state index contributed by atoms with van der Waals surface area (Å²) in [5.74, 6) is 0.324. The van der Waals surface area contributed by atoms with Crippen molar-refractivity contribution in [3.05, 3.63) is 109 Å². The summed E-state index contributed by atoms with van der Waals surface area (Å²) >= 11 is 0. The Morgan fingerprint density at radius 2 is 1.85 bits per heavy atom. The van der Waals surface area contributed by atoms with Crippen LogP contribution >= 0.6 is 0 Å². The van der Waals surface area contributed by atoms with Crippen molar-refractivity contribution in [2.24, 2.45) is 0 Å². The van der Waals surface area contributed by atoms with Crippen LogP contribution in [0.4, 0.5) is 23.0 Å². The van der Waals surface area contributed by atoms with E-state index in [1.54, 1.807) is 18.3 Å². The first-order chi connectivity index (χ1) is 20.1. The highest BCUT2D eigenvalue weighted by atomic mass is 16.5. The van der Waals surface area contributed by atoms with E-state index < -0.39 is 5.91 Å². The first-order valence-electron chi connectivity index (χ1n) is 13.0. The molecule has 0 aliphatic carbocycles. The number of pyridine rings is 1. The molecular formula is C31H28N6O4. The van der Waals surface area contributed by atoms with Gasteiger partial charge in [-0.2, -0.15) is 0 Å². The quantitative estimate of drug-likeness (QED) is 0.225. The van der Waals surface area contributed by atoms with Crippen LogP contribution in [-0.4, -0.2) is 40.0 Å². The number of carbonyl (C=O) groups is 2. The third-order valence-electron chi connectivity index (χ3n) is 5.94. The van der Waals surface area contributed by atoms with Crippen molar-refractivity contribution in [1.29, 1.82) is 0 Å². The number of rotatable bonds is 4. The molecule has 0 spiro atoms. The fourth-order valence-electron chi connectivity index (χ4n) is 4.07. The molecule has 2 aromatic heterocycles. The Bertz CT molecular complexity index is 1600. The Hall–Kier alpha value is -5.35. The minimum atomic E-state index is -0.443. The van der Waals surface area contributed by atoms with Gasteiger partial charge in [-0.05, 0) is 66.6 Å². The maximum Gasteiger partial charge on any atom is 0.274 e. The molecule has 3 N–H and O–H groups in total. The molecule has 4 aromatic rings. The first-order valence-corrected chi connectivity index (χ1v) is 13.0. The van der Waals surface area contributed by atoms with Crippen LogP contribution in [0.1, 0.15) is 22.5 Å². The van der Waals surface area contributed by atoms with Crippen molar-refractivity contribution in [2.75, 3.05) is 29.2 Å². The van der Waals surface area contributed by atoms with Crippen LogP contribution in [0.2, 0.25) is 0 Å². The van der Waals surface area contributed by atoms with Crippen molar-refractivity contribution >= 4 is 34.8 Å². The summed E-state index contributed by atoms with van der Waals surface area (Å²) < 4.78 is 11.7. The summed E-state index contributed by atoms with van der Waals surface area (Å²) in [5.41, 5.74) is 4.21. The molecule has 1 aliphatic rings. The van der Waals surface area contributed by atoms with Gasteiger partial charge in [0.15, 0.2) is 0 Å².